The van der Waals surface area contributed by atoms with Crippen molar-refractivity contribution in [1.82, 2.24) is 9.78 Å². The fourth-order valence-corrected chi connectivity index (χ4v) is 2.42. The number of halogens is 5. The van der Waals surface area contributed by atoms with E-state index >= 15 is 0 Å². The molecule has 10 heteroatoms. The van der Waals surface area contributed by atoms with Gasteiger partial charge in [-0.15, -0.1) is 5.10 Å². The topological polar surface area (TPSA) is 68.3 Å². The van der Waals surface area contributed by atoms with Crippen LogP contribution in [0, 0.1) is 5.82 Å². The number of aromatic nitrogens is 2. The van der Waals surface area contributed by atoms with Gasteiger partial charge in [0.15, 0.2) is 0 Å². The molecule has 1 heterocycles. The van der Waals surface area contributed by atoms with Crippen molar-refractivity contribution < 1.29 is 27.1 Å². The van der Waals surface area contributed by atoms with Crippen molar-refractivity contribution in [2.75, 3.05) is 0 Å². The number of rotatable bonds is 3. The molecule has 1 aromatic heterocycles. The molecule has 0 aliphatic rings. The normalized spacial score (nSPS) is 11.7. The number of benzene rings is 2. The molecule has 0 unspecified atom stereocenters. The molecule has 0 amide bonds. The van der Waals surface area contributed by atoms with Gasteiger partial charge in [0.2, 0.25) is 0 Å². The number of alkyl halides is 3. The maximum atomic E-state index is 14.0. The SMILES string of the molecule is O=c1oc(-c2ccc(C(F)(F)F)cc2F)nn1Cc1cc(Cl)ccc1O. The molecule has 0 bridgehead atoms. The molecule has 2 aromatic carbocycles. The summed E-state index contributed by atoms with van der Waals surface area (Å²) in [6.45, 7) is -0.225. The first-order chi connectivity index (χ1) is 12.1. The third-order valence-electron chi connectivity index (χ3n) is 3.49. The Balaban J connectivity index is 1.96. The van der Waals surface area contributed by atoms with Crippen LogP contribution in [0.1, 0.15) is 11.1 Å². The van der Waals surface area contributed by atoms with Gasteiger partial charge in [0, 0.05) is 10.6 Å². The van der Waals surface area contributed by atoms with Gasteiger partial charge in [-0.05, 0) is 36.4 Å². The third kappa shape index (κ3) is 3.57. The number of phenols is 1. The van der Waals surface area contributed by atoms with E-state index in [1.165, 1.54) is 18.2 Å². The lowest BCUT2D eigenvalue weighted by molar-refractivity contribution is -0.137. The molecule has 0 saturated heterocycles. The molecule has 1 N–H and O–H groups in total. The van der Waals surface area contributed by atoms with Crippen molar-refractivity contribution in [2.45, 2.75) is 12.7 Å². The summed E-state index contributed by atoms with van der Waals surface area (Å²) < 4.78 is 57.3. The molecule has 0 aliphatic carbocycles. The summed E-state index contributed by atoms with van der Waals surface area (Å²) in [6.07, 6.45) is -4.70. The van der Waals surface area contributed by atoms with E-state index in [4.69, 9.17) is 16.0 Å². The van der Waals surface area contributed by atoms with E-state index in [9.17, 15) is 27.5 Å². The quantitative estimate of drug-likeness (QED) is 0.687. The summed E-state index contributed by atoms with van der Waals surface area (Å²) in [5, 5.41) is 13.8. The van der Waals surface area contributed by atoms with Gasteiger partial charge in [0.05, 0.1) is 17.7 Å². The van der Waals surface area contributed by atoms with Crippen LogP contribution >= 0.6 is 11.6 Å². The molecule has 0 fully saturated rings. The lowest BCUT2D eigenvalue weighted by Gasteiger charge is -2.07. The highest BCUT2D eigenvalue weighted by Gasteiger charge is 2.31. The standard InChI is InChI=1S/C16H9ClF4N2O3/c17-10-2-4-13(24)8(5-10)7-23-15(25)26-14(22-23)11-3-1-9(6-12(11)18)16(19,20)21/h1-6,24H,7H2. The summed E-state index contributed by atoms with van der Waals surface area (Å²) in [6, 6.07) is 5.92. The number of phenolic OH excluding ortho intramolecular Hbond substituents is 1. The highest BCUT2D eigenvalue weighted by molar-refractivity contribution is 6.30. The largest absolute Gasteiger partial charge is 0.508 e. The molecule has 0 saturated carbocycles. The zero-order valence-electron chi connectivity index (χ0n) is 12.7. The Hall–Kier alpha value is -2.81. The van der Waals surface area contributed by atoms with E-state index in [-0.39, 0.29) is 23.9 Å². The predicted molar refractivity (Wildman–Crippen MR) is 83.4 cm³/mol. The summed E-state index contributed by atoms with van der Waals surface area (Å²) in [5.74, 6) is -2.84. The van der Waals surface area contributed by atoms with Gasteiger partial charge >= 0.3 is 11.9 Å². The minimum absolute atomic E-state index is 0.147. The van der Waals surface area contributed by atoms with E-state index in [0.717, 1.165) is 10.7 Å². The van der Waals surface area contributed by atoms with E-state index in [0.29, 0.717) is 11.1 Å². The predicted octanol–water partition coefficient (Wildman–Crippen LogP) is 4.07. The fraction of sp³-hybridized carbons (Fsp3) is 0.125. The van der Waals surface area contributed by atoms with Gasteiger partial charge in [-0.3, -0.25) is 0 Å². The molecule has 26 heavy (non-hydrogen) atoms. The van der Waals surface area contributed by atoms with Crippen LogP contribution in [-0.4, -0.2) is 14.9 Å². The number of nitrogens with zero attached hydrogens (tertiary/aromatic N) is 2. The molecule has 3 aromatic rings. The van der Waals surface area contributed by atoms with Crippen LogP contribution in [0.4, 0.5) is 17.6 Å². The van der Waals surface area contributed by atoms with Crippen LogP contribution in [0.3, 0.4) is 0 Å². The number of hydrogen-bond donors (Lipinski definition) is 1. The Morgan fingerprint density at radius 3 is 2.58 bits per heavy atom. The van der Waals surface area contributed by atoms with Crippen LogP contribution in [0.25, 0.3) is 11.5 Å². The average molecular weight is 389 g/mol. The first-order valence-electron chi connectivity index (χ1n) is 7.07. The molecule has 0 aliphatic heterocycles. The van der Waals surface area contributed by atoms with Crippen molar-refractivity contribution >= 4 is 11.6 Å². The van der Waals surface area contributed by atoms with Gasteiger partial charge in [-0.25, -0.2) is 9.18 Å². The van der Waals surface area contributed by atoms with Crippen molar-refractivity contribution in [2.24, 2.45) is 0 Å². The van der Waals surface area contributed by atoms with Gasteiger partial charge in [-0.2, -0.15) is 17.9 Å². The van der Waals surface area contributed by atoms with Crippen molar-refractivity contribution in [1.29, 1.82) is 0 Å². The van der Waals surface area contributed by atoms with Gasteiger partial charge in [-0.1, -0.05) is 11.6 Å². The van der Waals surface area contributed by atoms with Crippen molar-refractivity contribution in [3.8, 4) is 17.2 Å². The van der Waals surface area contributed by atoms with Crippen molar-refractivity contribution in [3.63, 3.8) is 0 Å². The molecule has 3 rings (SSSR count). The van der Waals surface area contributed by atoms with E-state index < -0.39 is 34.8 Å². The lowest BCUT2D eigenvalue weighted by Crippen LogP contribution is -2.16. The minimum Gasteiger partial charge on any atom is -0.508 e. The second-order valence-electron chi connectivity index (χ2n) is 5.30. The van der Waals surface area contributed by atoms with Crippen molar-refractivity contribution in [3.05, 3.63) is 68.9 Å². The molecule has 0 atom stereocenters. The maximum Gasteiger partial charge on any atom is 0.437 e. The summed E-state index contributed by atoms with van der Waals surface area (Å²) in [7, 11) is 0. The highest BCUT2D eigenvalue weighted by atomic mass is 35.5. The molecular formula is C16H9ClF4N2O3. The third-order valence-corrected chi connectivity index (χ3v) is 3.73. The molecule has 136 valence electrons. The zero-order chi connectivity index (χ0) is 19.1. The van der Waals surface area contributed by atoms with Crippen LogP contribution in [-0.2, 0) is 12.7 Å². The smallest absolute Gasteiger partial charge is 0.437 e. The van der Waals surface area contributed by atoms with E-state index in [1.54, 1.807) is 0 Å². The van der Waals surface area contributed by atoms with Crippen LogP contribution in [0.2, 0.25) is 5.02 Å². The minimum atomic E-state index is -4.70. The lowest BCUT2D eigenvalue weighted by atomic mass is 10.1. The molecule has 0 spiro atoms. The maximum absolute atomic E-state index is 14.0. The van der Waals surface area contributed by atoms with Gasteiger partial charge < -0.3 is 9.52 Å². The Labute approximate surface area is 148 Å². The average Bonchev–Trinajstić information content (AvgIpc) is 2.90. The first-order valence-corrected chi connectivity index (χ1v) is 7.45. The van der Waals surface area contributed by atoms with Crippen LogP contribution in [0.5, 0.6) is 5.75 Å². The Bertz CT molecular complexity index is 1030. The first kappa shape index (κ1) is 18.0. The Kier molecular flexibility index (Phi) is 4.49. The summed E-state index contributed by atoms with van der Waals surface area (Å²) in [4.78, 5) is 11.9. The highest BCUT2D eigenvalue weighted by Crippen LogP contribution is 2.32. The van der Waals surface area contributed by atoms with Gasteiger partial charge in [0.25, 0.3) is 5.89 Å². The fourth-order valence-electron chi connectivity index (χ4n) is 2.22. The van der Waals surface area contributed by atoms with Crippen LogP contribution < -0.4 is 5.76 Å². The molecule has 5 nitrogen and oxygen atoms in total. The molecule has 0 radical (unpaired) electrons. The summed E-state index contributed by atoms with van der Waals surface area (Å²) in [5.41, 5.74) is -1.32. The Morgan fingerprint density at radius 1 is 1.19 bits per heavy atom. The molecular weight excluding hydrogens is 380 g/mol. The summed E-state index contributed by atoms with van der Waals surface area (Å²) >= 11 is 5.81. The number of aromatic hydroxyl groups is 1. The van der Waals surface area contributed by atoms with Crippen LogP contribution in [0.15, 0.2) is 45.6 Å². The second-order valence-corrected chi connectivity index (χ2v) is 5.73. The van der Waals surface area contributed by atoms with E-state index in [2.05, 4.69) is 5.10 Å². The monoisotopic (exact) mass is 388 g/mol. The zero-order valence-corrected chi connectivity index (χ0v) is 13.5. The Morgan fingerprint density at radius 2 is 1.92 bits per heavy atom. The second kappa shape index (κ2) is 6.49. The van der Waals surface area contributed by atoms with Gasteiger partial charge in [0.1, 0.15) is 11.6 Å². The number of hydrogen-bond acceptors (Lipinski definition) is 4. The van der Waals surface area contributed by atoms with E-state index in [1.807, 2.05) is 0 Å².